The molecular formula is C21H21FN2O2. The van der Waals surface area contributed by atoms with Crippen molar-refractivity contribution >= 4 is 5.91 Å². The number of halogens is 1. The molecule has 1 aromatic heterocycles. The van der Waals surface area contributed by atoms with E-state index in [9.17, 15) is 14.3 Å². The van der Waals surface area contributed by atoms with E-state index in [0.717, 1.165) is 23.4 Å². The second-order valence-corrected chi connectivity index (χ2v) is 6.36. The molecule has 5 heteroatoms. The largest absolute Gasteiger partial charge is 0.508 e. The number of aromatic nitrogens is 1. The van der Waals surface area contributed by atoms with Crippen LogP contribution >= 0.6 is 0 Å². The van der Waals surface area contributed by atoms with Gasteiger partial charge in [-0.25, -0.2) is 4.39 Å². The Labute approximate surface area is 151 Å². The van der Waals surface area contributed by atoms with Crippen LogP contribution < -0.4 is 5.73 Å². The molecule has 1 heterocycles. The van der Waals surface area contributed by atoms with Crippen molar-refractivity contribution in [2.45, 2.75) is 26.8 Å². The number of aromatic hydroxyl groups is 1. The molecule has 0 saturated heterocycles. The fraction of sp³-hybridized carbons (Fsp3) is 0.190. The summed E-state index contributed by atoms with van der Waals surface area (Å²) in [6.45, 7) is 4.42. The molecule has 0 aliphatic heterocycles. The molecule has 0 atom stereocenters. The van der Waals surface area contributed by atoms with Gasteiger partial charge < -0.3 is 15.4 Å². The van der Waals surface area contributed by atoms with Crippen molar-refractivity contribution in [1.82, 2.24) is 4.57 Å². The lowest BCUT2D eigenvalue weighted by atomic mass is 10.00. The first-order chi connectivity index (χ1) is 12.4. The van der Waals surface area contributed by atoms with Gasteiger partial charge in [0.2, 0.25) is 0 Å². The van der Waals surface area contributed by atoms with Gasteiger partial charge in [0.15, 0.2) is 0 Å². The summed E-state index contributed by atoms with van der Waals surface area (Å²) in [5, 5.41) is 9.39. The van der Waals surface area contributed by atoms with E-state index in [4.69, 9.17) is 5.73 Å². The Bertz CT molecular complexity index is 959. The average molecular weight is 352 g/mol. The minimum Gasteiger partial charge on any atom is -0.508 e. The molecule has 0 aliphatic rings. The quantitative estimate of drug-likeness (QED) is 0.730. The summed E-state index contributed by atoms with van der Waals surface area (Å²) in [6, 6.07) is 13.2. The van der Waals surface area contributed by atoms with Crippen LogP contribution in [0.4, 0.5) is 4.39 Å². The van der Waals surface area contributed by atoms with Gasteiger partial charge in [0.25, 0.3) is 5.91 Å². The Balaban J connectivity index is 2.02. The SMILES string of the molecule is Cc1c(C(N)=O)c(-c2cccc(F)c2)c(C)n1CCc1ccc(O)cc1. The Morgan fingerprint density at radius 2 is 1.81 bits per heavy atom. The Kier molecular flexibility index (Phi) is 4.80. The van der Waals surface area contributed by atoms with E-state index < -0.39 is 5.91 Å². The van der Waals surface area contributed by atoms with Crippen LogP contribution in [0.2, 0.25) is 0 Å². The Morgan fingerprint density at radius 1 is 1.12 bits per heavy atom. The molecule has 2 aromatic carbocycles. The number of hydrogen-bond donors (Lipinski definition) is 2. The van der Waals surface area contributed by atoms with Crippen LogP contribution in [0.3, 0.4) is 0 Å². The number of phenolic OH excluding ortho intramolecular Hbond substituents is 1. The maximum absolute atomic E-state index is 13.7. The number of nitrogens with zero attached hydrogens (tertiary/aromatic N) is 1. The lowest BCUT2D eigenvalue weighted by Crippen LogP contribution is -2.13. The number of rotatable bonds is 5. The number of aryl methyl sites for hydroxylation is 1. The van der Waals surface area contributed by atoms with Crippen LogP contribution in [-0.4, -0.2) is 15.6 Å². The molecule has 3 aromatic rings. The maximum Gasteiger partial charge on any atom is 0.251 e. The van der Waals surface area contributed by atoms with Crippen molar-refractivity contribution in [3.8, 4) is 16.9 Å². The van der Waals surface area contributed by atoms with Crippen molar-refractivity contribution in [1.29, 1.82) is 0 Å². The lowest BCUT2D eigenvalue weighted by molar-refractivity contribution is 0.1000. The molecule has 0 radical (unpaired) electrons. The van der Waals surface area contributed by atoms with Gasteiger partial charge in [-0.1, -0.05) is 24.3 Å². The summed E-state index contributed by atoms with van der Waals surface area (Å²) in [7, 11) is 0. The second-order valence-electron chi connectivity index (χ2n) is 6.36. The lowest BCUT2D eigenvalue weighted by Gasteiger charge is -2.10. The summed E-state index contributed by atoms with van der Waals surface area (Å²) in [5.74, 6) is -0.647. The number of primary amides is 1. The molecule has 134 valence electrons. The minimum absolute atomic E-state index is 0.228. The van der Waals surface area contributed by atoms with E-state index in [2.05, 4.69) is 0 Å². The number of hydrogen-bond acceptors (Lipinski definition) is 2. The molecule has 0 aliphatic carbocycles. The zero-order valence-electron chi connectivity index (χ0n) is 14.8. The third-order valence-electron chi connectivity index (χ3n) is 4.70. The second kappa shape index (κ2) is 7.04. The number of nitrogens with two attached hydrogens (primary N) is 1. The van der Waals surface area contributed by atoms with Gasteiger partial charge in [-0.15, -0.1) is 0 Å². The van der Waals surface area contributed by atoms with Crippen LogP contribution in [0.1, 0.15) is 27.3 Å². The monoisotopic (exact) mass is 352 g/mol. The van der Waals surface area contributed by atoms with E-state index in [-0.39, 0.29) is 11.6 Å². The predicted molar refractivity (Wildman–Crippen MR) is 99.6 cm³/mol. The van der Waals surface area contributed by atoms with Crippen molar-refractivity contribution in [2.75, 3.05) is 0 Å². The van der Waals surface area contributed by atoms with Crippen molar-refractivity contribution < 1.29 is 14.3 Å². The summed E-state index contributed by atoms with van der Waals surface area (Å²) >= 11 is 0. The van der Waals surface area contributed by atoms with Crippen molar-refractivity contribution in [3.63, 3.8) is 0 Å². The summed E-state index contributed by atoms with van der Waals surface area (Å²) in [4.78, 5) is 12.1. The average Bonchev–Trinajstić information content (AvgIpc) is 2.85. The standard InChI is InChI=1S/C21H21FN2O2/c1-13-19(16-4-3-5-17(22)12-16)20(21(23)26)14(2)24(13)11-10-15-6-8-18(25)9-7-15/h3-9,12,25H,10-11H2,1-2H3,(H2,23,26). The summed E-state index contributed by atoms with van der Waals surface area (Å²) < 4.78 is 15.7. The smallest absolute Gasteiger partial charge is 0.251 e. The number of benzene rings is 2. The van der Waals surface area contributed by atoms with E-state index in [1.165, 1.54) is 12.1 Å². The molecule has 3 rings (SSSR count). The first kappa shape index (κ1) is 17.7. The number of carbonyl (C=O) groups is 1. The highest BCUT2D eigenvalue weighted by Gasteiger charge is 2.22. The maximum atomic E-state index is 13.7. The highest BCUT2D eigenvalue weighted by Crippen LogP contribution is 2.32. The zero-order chi connectivity index (χ0) is 18.8. The first-order valence-corrected chi connectivity index (χ1v) is 8.42. The van der Waals surface area contributed by atoms with Gasteiger partial charge in [-0.2, -0.15) is 0 Å². The highest BCUT2D eigenvalue weighted by atomic mass is 19.1. The summed E-state index contributed by atoms with van der Waals surface area (Å²) in [6.07, 6.45) is 0.734. The van der Waals surface area contributed by atoms with E-state index in [0.29, 0.717) is 23.2 Å². The predicted octanol–water partition coefficient (Wildman–Crippen LogP) is 3.96. The van der Waals surface area contributed by atoms with Crippen LogP contribution in [-0.2, 0) is 13.0 Å². The molecule has 0 saturated carbocycles. The molecule has 0 fully saturated rings. The zero-order valence-corrected chi connectivity index (χ0v) is 14.8. The third-order valence-corrected chi connectivity index (χ3v) is 4.70. The Morgan fingerprint density at radius 3 is 2.42 bits per heavy atom. The topological polar surface area (TPSA) is 68.2 Å². The van der Waals surface area contributed by atoms with Gasteiger partial charge in [0.1, 0.15) is 11.6 Å². The third kappa shape index (κ3) is 3.33. The fourth-order valence-electron chi connectivity index (χ4n) is 3.42. The van der Waals surface area contributed by atoms with E-state index in [1.54, 1.807) is 24.3 Å². The highest BCUT2D eigenvalue weighted by molar-refractivity contribution is 6.02. The normalized spacial score (nSPS) is 10.9. The Hall–Kier alpha value is -3.08. The molecule has 1 amide bonds. The van der Waals surface area contributed by atoms with Crippen LogP contribution in [0.15, 0.2) is 48.5 Å². The molecule has 4 nitrogen and oxygen atoms in total. The molecule has 26 heavy (non-hydrogen) atoms. The van der Waals surface area contributed by atoms with Gasteiger partial charge >= 0.3 is 0 Å². The fourth-order valence-corrected chi connectivity index (χ4v) is 3.42. The van der Waals surface area contributed by atoms with Crippen LogP contribution in [0.5, 0.6) is 5.75 Å². The molecule has 0 spiro atoms. The molecule has 0 unspecified atom stereocenters. The van der Waals surface area contributed by atoms with Crippen molar-refractivity contribution in [2.24, 2.45) is 5.73 Å². The minimum atomic E-state index is -0.520. The molecular weight excluding hydrogens is 331 g/mol. The van der Waals surface area contributed by atoms with Gasteiger partial charge in [0.05, 0.1) is 5.56 Å². The van der Waals surface area contributed by atoms with Crippen LogP contribution in [0, 0.1) is 19.7 Å². The van der Waals surface area contributed by atoms with E-state index in [1.807, 2.05) is 30.5 Å². The summed E-state index contributed by atoms with van der Waals surface area (Å²) in [5.41, 5.74) is 10.1. The van der Waals surface area contributed by atoms with E-state index >= 15 is 0 Å². The first-order valence-electron chi connectivity index (χ1n) is 8.42. The van der Waals surface area contributed by atoms with Gasteiger partial charge in [0, 0.05) is 23.5 Å². The molecule has 0 bridgehead atoms. The van der Waals surface area contributed by atoms with Gasteiger partial charge in [-0.3, -0.25) is 4.79 Å². The van der Waals surface area contributed by atoms with Gasteiger partial charge in [-0.05, 0) is 55.7 Å². The number of amides is 1. The van der Waals surface area contributed by atoms with Crippen LogP contribution in [0.25, 0.3) is 11.1 Å². The number of phenols is 1. The molecule has 3 N–H and O–H groups in total. The van der Waals surface area contributed by atoms with Crippen molar-refractivity contribution in [3.05, 3.63) is 76.9 Å². The number of carbonyl (C=O) groups excluding carboxylic acids is 1.